The summed E-state index contributed by atoms with van der Waals surface area (Å²) in [6.07, 6.45) is 0.940. The van der Waals surface area contributed by atoms with Crippen LogP contribution in [0.4, 0.5) is 11.4 Å². The van der Waals surface area contributed by atoms with Gasteiger partial charge in [-0.2, -0.15) is 0 Å². The van der Waals surface area contributed by atoms with Gasteiger partial charge in [0.2, 0.25) is 0 Å². The molecule has 6 heteroatoms. The first-order valence-electron chi connectivity index (χ1n) is 8.02. The van der Waals surface area contributed by atoms with Crippen molar-refractivity contribution in [2.24, 2.45) is 0 Å². The maximum Gasteiger partial charge on any atom is 0.500 e. The molecule has 2 aromatic carbocycles. The lowest BCUT2D eigenvalue weighted by molar-refractivity contribution is 0.123. The van der Waals surface area contributed by atoms with Crippen LogP contribution in [0.2, 0.25) is 6.04 Å². The molecule has 0 aromatic heterocycles. The maximum absolute atomic E-state index is 5.54. The number of benzene rings is 2. The summed E-state index contributed by atoms with van der Waals surface area (Å²) in [5, 5.41) is 0. The molecule has 0 atom stereocenters. The van der Waals surface area contributed by atoms with Gasteiger partial charge in [-0.1, -0.05) is 36.0 Å². The highest BCUT2D eigenvalue weighted by molar-refractivity contribution is 7.99. The van der Waals surface area contributed by atoms with Gasteiger partial charge in [-0.3, -0.25) is 0 Å². The van der Waals surface area contributed by atoms with Crippen LogP contribution in [0.1, 0.15) is 6.42 Å². The van der Waals surface area contributed by atoms with Gasteiger partial charge in [0, 0.05) is 43.7 Å². The van der Waals surface area contributed by atoms with Gasteiger partial charge in [0.15, 0.2) is 0 Å². The number of nitrogens with zero attached hydrogens (tertiary/aromatic N) is 1. The monoisotopic (exact) mass is 361 g/mol. The van der Waals surface area contributed by atoms with Crippen LogP contribution in [0.15, 0.2) is 58.3 Å². The third-order valence-electron chi connectivity index (χ3n) is 4.33. The van der Waals surface area contributed by atoms with Crippen LogP contribution in [-0.4, -0.2) is 36.7 Å². The van der Waals surface area contributed by atoms with Crippen molar-refractivity contribution in [2.75, 3.05) is 32.8 Å². The second kappa shape index (κ2) is 7.71. The predicted molar refractivity (Wildman–Crippen MR) is 100 cm³/mol. The molecular weight excluding hydrogens is 338 g/mol. The lowest BCUT2D eigenvalue weighted by Gasteiger charge is -2.33. The summed E-state index contributed by atoms with van der Waals surface area (Å²) >= 11 is 1.83. The standard InChI is InChI=1S/C18H23NO3SSi/c1-20-24(21-2,22-3)14-8-13-19-15-9-4-6-11-17(15)23-18-12-7-5-10-16(18)19/h4-7,9-12H,8,13-14H2,1-3H3. The van der Waals surface area contributed by atoms with E-state index < -0.39 is 8.80 Å². The molecule has 0 saturated heterocycles. The Kier molecular flexibility index (Phi) is 5.63. The molecule has 0 spiro atoms. The van der Waals surface area contributed by atoms with Crippen LogP contribution < -0.4 is 4.90 Å². The van der Waals surface area contributed by atoms with Crippen molar-refractivity contribution in [1.29, 1.82) is 0 Å². The molecule has 24 heavy (non-hydrogen) atoms. The highest BCUT2D eigenvalue weighted by Gasteiger charge is 2.37. The molecule has 0 amide bonds. The Labute approximate surface area is 149 Å². The van der Waals surface area contributed by atoms with Gasteiger partial charge < -0.3 is 18.2 Å². The Morgan fingerprint density at radius 3 is 1.83 bits per heavy atom. The van der Waals surface area contributed by atoms with Crippen molar-refractivity contribution < 1.29 is 13.3 Å². The van der Waals surface area contributed by atoms with E-state index in [4.69, 9.17) is 13.3 Å². The minimum Gasteiger partial charge on any atom is -0.377 e. The van der Waals surface area contributed by atoms with Crippen molar-refractivity contribution >= 4 is 31.9 Å². The molecule has 128 valence electrons. The van der Waals surface area contributed by atoms with Crippen LogP contribution in [0.5, 0.6) is 0 Å². The molecule has 0 unspecified atom stereocenters. The first-order valence-corrected chi connectivity index (χ1v) is 10.8. The summed E-state index contributed by atoms with van der Waals surface area (Å²) in [6.45, 7) is 0.902. The van der Waals surface area contributed by atoms with Crippen LogP contribution in [0.3, 0.4) is 0 Å². The molecule has 0 radical (unpaired) electrons. The van der Waals surface area contributed by atoms with E-state index in [-0.39, 0.29) is 0 Å². The third-order valence-corrected chi connectivity index (χ3v) is 8.29. The molecule has 0 saturated carbocycles. The predicted octanol–water partition coefficient (Wildman–Crippen LogP) is 4.56. The highest BCUT2D eigenvalue weighted by Crippen LogP contribution is 2.47. The summed E-state index contributed by atoms with van der Waals surface area (Å²) in [5.74, 6) is 0. The van der Waals surface area contributed by atoms with E-state index in [1.54, 1.807) is 21.3 Å². The Hall–Kier alpha value is -1.31. The van der Waals surface area contributed by atoms with E-state index in [9.17, 15) is 0 Å². The first-order chi connectivity index (χ1) is 11.7. The quantitative estimate of drug-likeness (QED) is 0.675. The van der Waals surface area contributed by atoms with Gasteiger partial charge in [0.1, 0.15) is 0 Å². The van der Waals surface area contributed by atoms with E-state index in [1.807, 2.05) is 11.8 Å². The zero-order valence-corrected chi connectivity index (χ0v) is 16.1. The summed E-state index contributed by atoms with van der Waals surface area (Å²) in [6, 6.07) is 17.9. The average Bonchev–Trinajstić information content (AvgIpc) is 2.65. The molecule has 0 aliphatic carbocycles. The molecule has 1 aliphatic rings. The Morgan fingerprint density at radius 2 is 1.33 bits per heavy atom. The van der Waals surface area contributed by atoms with Gasteiger partial charge in [0.05, 0.1) is 11.4 Å². The van der Waals surface area contributed by atoms with Gasteiger partial charge in [-0.25, -0.2) is 0 Å². The molecule has 2 aromatic rings. The normalized spacial score (nSPS) is 13.5. The molecule has 1 heterocycles. The minimum atomic E-state index is -2.52. The summed E-state index contributed by atoms with van der Waals surface area (Å²) in [7, 11) is 2.49. The van der Waals surface area contributed by atoms with Gasteiger partial charge in [0.25, 0.3) is 0 Å². The van der Waals surface area contributed by atoms with Crippen LogP contribution in [0, 0.1) is 0 Å². The number of fused-ring (bicyclic) bond motifs is 2. The smallest absolute Gasteiger partial charge is 0.377 e. The van der Waals surface area contributed by atoms with Gasteiger partial charge >= 0.3 is 8.80 Å². The van der Waals surface area contributed by atoms with E-state index in [1.165, 1.54) is 21.2 Å². The fourth-order valence-corrected chi connectivity index (χ4v) is 5.83. The topological polar surface area (TPSA) is 30.9 Å². The van der Waals surface area contributed by atoms with Crippen molar-refractivity contribution in [3.05, 3.63) is 48.5 Å². The number of hydrogen-bond acceptors (Lipinski definition) is 5. The third kappa shape index (κ3) is 3.38. The van der Waals surface area contributed by atoms with E-state index in [0.29, 0.717) is 0 Å². The first kappa shape index (κ1) is 17.5. The highest BCUT2D eigenvalue weighted by atomic mass is 32.2. The SMILES string of the molecule is CO[Si](CCCN1c2ccccc2Sc2ccccc21)(OC)OC. The molecular formula is C18H23NO3SSi. The number of hydrogen-bond donors (Lipinski definition) is 0. The summed E-state index contributed by atoms with van der Waals surface area (Å²) in [4.78, 5) is 4.98. The van der Waals surface area contributed by atoms with Crippen molar-refractivity contribution in [3.63, 3.8) is 0 Å². The Bertz CT molecular complexity index is 640. The molecule has 4 nitrogen and oxygen atoms in total. The van der Waals surface area contributed by atoms with Gasteiger partial charge in [-0.15, -0.1) is 0 Å². The molecule has 0 fully saturated rings. The number of rotatable bonds is 7. The summed E-state index contributed by atoms with van der Waals surface area (Å²) in [5.41, 5.74) is 2.53. The Morgan fingerprint density at radius 1 is 0.833 bits per heavy atom. The second-order valence-corrected chi connectivity index (χ2v) is 9.76. The van der Waals surface area contributed by atoms with Crippen molar-refractivity contribution in [2.45, 2.75) is 22.3 Å². The average molecular weight is 362 g/mol. The molecule has 1 aliphatic heterocycles. The number of anilines is 2. The fraction of sp³-hybridized carbons (Fsp3) is 0.333. The van der Waals surface area contributed by atoms with Crippen molar-refractivity contribution in [1.82, 2.24) is 0 Å². The lowest BCUT2D eigenvalue weighted by Crippen LogP contribution is -2.43. The van der Waals surface area contributed by atoms with Gasteiger partial charge in [-0.05, 0) is 30.7 Å². The lowest BCUT2D eigenvalue weighted by atomic mass is 10.2. The zero-order valence-electron chi connectivity index (χ0n) is 14.3. The summed E-state index contributed by atoms with van der Waals surface area (Å²) < 4.78 is 16.6. The maximum atomic E-state index is 5.54. The van der Waals surface area contributed by atoms with Crippen LogP contribution in [0.25, 0.3) is 0 Å². The Balaban J connectivity index is 1.80. The largest absolute Gasteiger partial charge is 0.500 e. The van der Waals surface area contributed by atoms with E-state index >= 15 is 0 Å². The van der Waals surface area contributed by atoms with Crippen LogP contribution >= 0.6 is 11.8 Å². The van der Waals surface area contributed by atoms with Crippen LogP contribution in [-0.2, 0) is 13.3 Å². The second-order valence-electron chi connectivity index (χ2n) is 5.59. The fourth-order valence-electron chi connectivity index (χ4n) is 3.03. The molecule has 0 N–H and O–H groups in total. The minimum absolute atomic E-state index is 0.796. The zero-order chi connectivity index (χ0) is 17.0. The van der Waals surface area contributed by atoms with E-state index in [0.717, 1.165) is 19.0 Å². The molecule has 0 bridgehead atoms. The molecule has 3 rings (SSSR count). The van der Waals surface area contributed by atoms with E-state index in [2.05, 4.69) is 53.4 Å². The van der Waals surface area contributed by atoms with Crippen molar-refractivity contribution in [3.8, 4) is 0 Å². The number of para-hydroxylation sites is 2.